The summed E-state index contributed by atoms with van der Waals surface area (Å²) in [5, 5.41) is 0. The van der Waals surface area contributed by atoms with Crippen LogP contribution in [0, 0.1) is 0 Å². The highest BCUT2D eigenvalue weighted by Gasteiger charge is 2.18. The zero-order valence-corrected chi connectivity index (χ0v) is 10.1. The molecule has 0 radical (unpaired) electrons. The molecule has 86 valence electrons. The fourth-order valence-electron chi connectivity index (χ4n) is 2.61. The van der Waals surface area contributed by atoms with Gasteiger partial charge in [0.1, 0.15) is 0 Å². The van der Waals surface area contributed by atoms with Crippen LogP contribution in [0.2, 0.25) is 0 Å². The maximum absolute atomic E-state index is 6.11. The summed E-state index contributed by atoms with van der Waals surface area (Å²) in [4.78, 5) is 0. The first kappa shape index (κ1) is 10.5. The fourth-order valence-corrected chi connectivity index (χ4v) is 2.61. The van der Waals surface area contributed by atoms with E-state index in [1.54, 1.807) is 0 Å². The molecular formula is C16H17N. The summed E-state index contributed by atoms with van der Waals surface area (Å²) in [5.74, 6) is 0. The summed E-state index contributed by atoms with van der Waals surface area (Å²) in [6.45, 7) is 2.13. The molecule has 1 atom stereocenters. The molecule has 0 saturated heterocycles. The van der Waals surface area contributed by atoms with Crippen LogP contribution in [-0.4, -0.2) is 0 Å². The monoisotopic (exact) mass is 223 g/mol. The first-order chi connectivity index (χ1) is 8.29. The van der Waals surface area contributed by atoms with Gasteiger partial charge in [-0.2, -0.15) is 0 Å². The van der Waals surface area contributed by atoms with E-state index in [-0.39, 0.29) is 6.04 Å². The third-order valence-electron chi connectivity index (χ3n) is 3.69. The molecular weight excluding hydrogens is 206 g/mol. The van der Waals surface area contributed by atoms with Gasteiger partial charge in [-0.1, -0.05) is 43.3 Å². The summed E-state index contributed by atoms with van der Waals surface area (Å²) < 4.78 is 0. The molecule has 2 N–H and O–H groups in total. The van der Waals surface area contributed by atoms with E-state index in [1.807, 2.05) is 0 Å². The van der Waals surface area contributed by atoms with Crippen LogP contribution < -0.4 is 5.73 Å². The van der Waals surface area contributed by atoms with Crippen LogP contribution in [-0.2, 0) is 6.42 Å². The Balaban J connectivity index is 2.11. The Morgan fingerprint density at radius 2 is 1.82 bits per heavy atom. The number of rotatable bonds is 2. The van der Waals surface area contributed by atoms with Crippen molar-refractivity contribution in [2.45, 2.75) is 25.8 Å². The van der Waals surface area contributed by atoms with E-state index in [0.717, 1.165) is 12.8 Å². The van der Waals surface area contributed by atoms with Gasteiger partial charge in [0, 0.05) is 6.04 Å². The van der Waals surface area contributed by atoms with E-state index in [2.05, 4.69) is 49.4 Å². The lowest BCUT2D eigenvalue weighted by molar-refractivity contribution is 0.699. The highest BCUT2D eigenvalue weighted by atomic mass is 14.6. The Kier molecular flexibility index (Phi) is 2.49. The molecule has 0 heterocycles. The Bertz CT molecular complexity index is 557. The van der Waals surface area contributed by atoms with Gasteiger partial charge in [-0.3, -0.25) is 0 Å². The van der Waals surface area contributed by atoms with E-state index < -0.39 is 0 Å². The molecule has 1 aliphatic rings. The summed E-state index contributed by atoms with van der Waals surface area (Å²) in [6.07, 6.45) is 2.05. The molecule has 0 fully saturated rings. The van der Waals surface area contributed by atoms with Crippen LogP contribution in [0.5, 0.6) is 0 Å². The SMILES string of the molecule is CCC(N)c1ccc2c(c1)-c1ccccc1C2. The normalized spacial score (nSPS) is 14.2. The Labute approximate surface area is 102 Å². The molecule has 0 spiro atoms. The summed E-state index contributed by atoms with van der Waals surface area (Å²) in [5.41, 5.74) is 13.0. The first-order valence-electron chi connectivity index (χ1n) is 6.26. The smallest absolute Gasteiger partial charge is 0.0292 e. The predicted molar refractivity (Wildman–Crippen MR) is 71.9 cm³/mol. The minimum absolute atomic E-state index is 0.160. The largest absolute Gasteiger partial charge is 0.324 e. The number of benzene rings is 2. The second-order valence-corrected chi connectivity index (χ2v) is 4.77. The number of hydrogen-bond acceptors (Lipinski definition) is 1. The van der Waals surface area contributed by atoms with Gasteiger partial charge in [0.15, 0.2) is 0 Å². The number of hydrogen-bond donors (Lipinski definition) is 1. The van der Waals surface area contributed by atoms with Crippen molar-refractivity contribution in [3.05, 3.63) is 59.2 Å². The Hall–Kier alpha value is -1.60. The van der Waals surface area contributed by atoms with E-state index in [1.165, 1.54) is 27.8 Å². The number of nitrogens with two attached hydrogens (primary N) is 1. The summed E-state index contributed by atoms with van der Waals surface area (Å²) >= 11 is 0. The molecule has 0 aromatic heterocycles. The van der Waals surface area contributed by atoms with E-state index in [9.17, 15) is 0 Å². The van der Waals surface area contributed by atoms with Gasteiger partial charge in [-0.05, 0) is 46.7 Å². The molecule has 1 aliphatic carbocycles. The highest BCUT2D eigenvalue weighted by Crippen LogP contribution is 2.37. The number of fused-ring (bicyclic) bond motifs is 3. The lowest BCUT2D eigenvalue weighted by Crippen LogP contribution is -2.08. The topological polar surface area (TPSA) is 26.0 Å². The van der Waals surface area contributed by atoms with Gasteiger partial charge in [-0.15, -0.1) is 0 Å². The standard InChI is InChI=1S/C16H17N/c1-2-16(17)13-8-7-12-9-11-5-3-4-6-14(11)15(12)10-13/h3-8,10,16H,2,9,17H2,1H3. The van der Waals surface area contributed by atoms with Crippen molar-refractivity contribution >= 4 is 0 Å². The van der Waals surface area contributed by atoms with Gasteiger partial charge in [0.2, 0.25) is 0 Å². The molecule has 1 nitrogen and oxygen atoms in total. The zero-order valence-electron chi connectivity index (χ0n) is 10.1. The molecule has 2 aromatic carbocycles. The van der Waals surface area contributed by atoms with E-state index in [0.29, 0.717) is 0 Å². The van der Waals surface area contributed by atoms with Crippen molar-refractivity contribution in [1.29, 1.82) is 0 Å². The third-order valence-corrected chi connectivity index (χ3v) is 3.69. The zero-order chi connectivity index (χ0) is 11.8. The first-order valence-corrected chi connectivity index (χ1v) is 6.26. The molecule has 0 saturated carbocycles. The second-order valence-electron chi connectivity index (χ2n) is 4.77. The molecule has 1 unspecified atom stereocenters. The minimum atomic E-state index is 0.160. The van der Waals surface area contributed by atoms with Crippen molar-refractivity contribution in [3.8, 4) is 11.1 Å². The summed E-state index contributed by atoms with van der Waals surface area (Å²) in [7, 11) is 0. The Morgan fingerprint density at radius 1 is 1.06 bits per heavy atom. The van der Waals surface area contributed by atoms with Crippen molar-refractivity contribution in [1.82, 2.24) is 0 Å². The predicted octanol–water partition coefficient (Wildman–Crippen LogP) is 3.67. The molecule has 3 rings (SSSR count). The molecule has 2 aromatic rings. The van der Waals surface area contributed by atoms with Crippen LogP contribution in [0.25, 0.3) is 11.1 Å². The van der Waals surface area contributed by atoms with Gasteiger partial charge >= 0.3 is 0 Å². The van der Waals surface area contributed by atoms with Crippen molar-refractivity contribution < 1.29 is 0 Å². The lowest BCUT2D eigenvalue weighted by Gasteiger charge is -2.11. The molecule has 0 amide bonds. The van der Waals surface area contributed by atoms with Crippen molar-refractivity contribution in [2.75, 3.05) is 0 Å². The maximum atomic E-state index is 6.11. The van der Waals surface area contributed by atoms with Crippen LogP contribution in [0.15, 0.2) is 42.5 Å². The molecule has 0 aliphatic heterocycles. The van der Waals surface area contributed by atoms with Gasteiger partial charge in [0.25, 0.3) is 0 Å². The fraction of sp³-hybridized carbons (Fsp3) is 0.250. The van der Waals surface area contributed by atoms with Crippen LogP contribution in [0.4, 0.5) is 0 Å². The summed E-state index contributed by atoms with van der Waals surface area (Å²) in [6, 6.07) is 15.5. The van der Waals surface area contributed by atoms with Crippen LogP contribution in [0.1, 0.15) is 36.1 Å². The van der Waals surface area contributed by atoms with Crippen molar-refractivity contribution in [2.24, 2.45) is 5.73 Å². The van der Waals surface area contributed by atoms with E-state index in [4.69, 9.17) is 5.73 Å². The van der Waals surface area contributed by atoms with Gasteiger partial charge < -0.3 is 5.73 Å². The maximum Gasteiger partial charge on any atom is 0.0292 e. The Morgan fingerprint density at radius 3 is 2.65 bits per heavy atom. The average molecular weight is 223 g/mol. The quantitative estimate of drug-likeness (QED) is 0.705. The minimum Gasteiger partial charge on any atom is -0.324 e. The van der Waals surface area contributed by atoms with Crippen LogP contribution >= 0.6 is 0 Å². The van der Waals surface area contributed by atoms with E-state index >= 15 is 0 Å². The second kappa shape index (κ2) is 4.01. The average Bonchev–Trinajstić information content (AvgIpc) is 2.75. The molecule has 0 bridgehead atoms. The van der Waals surface area contributed by atoms with Gasteiger partial charge in [0.05, 0.1) is 0 Å². The lowest BCUT2D eigenvalue weighted by atomic mass is 9.98. The third kappa shape index (κ3) is 1.67. The highest BCUT2D eigenvalue weighted by molar-refractivity contribution is 5.77. The van der Waals surface area contributed by atoms with Crippen molar-refractivity contribution in [3.63, 3.8) is 0 Å². The molecule has 17 heavy (non-hydrogen) atoms. The molecule has 1 heteroatoms. The van der Waals surface area contributed by atoms with Crippen LogP contribution in [0.3, 0.4) is 0 Å². The van der Waals surface area contributed by atoms with Gasteiger partial charge in [-0.25, -0.2) is 0 Å².